The van der Waals surface area contributed by atoms with Gasteiger partial charge < -0.3 is 14.2 Å². The molecule has 0 aliphatic rings. The molecule has 2 rings (SSSR count). The van der Waals surface area contributed by atoms with Crippen LogP contribution in [-0.2, 0) is 19.9 Å². The minimum atomic E-state index is -5.05. The fourth-order valence-corrected chi connectivity index (χ4v) is 2.80. The molecule has 0 radical (unpaired) electrons. The second-order valence-electron chi connectivity index (χ2n) is 7.07. The number of esters is 1. The summed E-state index contributed by atoms with van der Waals surface area (Å²) in [4.78, 5) is 12.8. The van der Waals surface area contributed by atoms with E-state index in [0.717, 1.165) is 19.2 Å². The smallest absolute Gasteiger partial charge is 0.432 e. The first-order valence-corrected chi connectivity index (χ1v) is 9.69. The summed E-state index contributed by atoms with van der Waals surface area (Å²) in [7, 11) is 2.37. The normalized spacial score (nSPS) is 13.6. The maximum Gasteiger partial charge on any atom is 0.432 e. The first-order valence-electron chi connectivity index (χ1n) is 9.69. The molecule has 2 aromatic carbocycles. The number of hydrogen-bond donors (Lipinski definition) is 0. The number of carbonyl (C=O) groups excluding carboxylic acids is 1. The van der Waals surface area contributed by atoms with E-state index in [4.69, 9.17) is 14.2 Å². The van der Waals surface area contributed by atoms with Gasteiger partial charge in [0.05, 0.1) is 7.11 Å². The number of ether oxygens (including phenoxy) is 3. The molecule has 7 heteroatoms. The largest absolute Gasteiger partial charge is 0.497 e. The van der Waals surface area contributed by atoms with Crippen LogP contribution in [0.2, 0.25) is 0 Å². The van der Waals surface area contributed by atoms with Crippen molar-refractivity contribution in [1.82, 2.24) is 0 Å². The van der Waals surface area contributed by atoms with Crippen molar-refractivity contribution in [3.8, 4) is 29.4 Å². The van der Waals surface area contributed by atoms with Gasteiger partial charge in [0.15, 0.2) is 6.10 Å². The number of benzene rings is 2. The summed E-state index contributed by atoms with van der Waals surface area (Å²) >= 11 is 0. The van der Waals surface area contributed by atoms with E-state index in [9.17, 15) is 18.0 Å². The van der Waals surface area contributed by atoms with Gasteiger partial charge in [0, 0.05) is 24.2 Å². The van der Waals surface area contributed by atoms with Crippen LogP contribution < -0.4 is 4.74 Å². The molecule has 2 atom stereocenters. The molecule has 0 spiro atoms. The number of halogens is 3. The lowest BCUT2D eigenvalue weighted by Crippen LogP contribution is -2.52. The lowest BCUT2D eigenvalue weighted by atomic mass is 9.92. The van der Waals surface area contributed by atoms with E-state index in [2.05, 4.69) is 23.7 Å². The molecule has 0 saturated heterocycles. The number of carbonyl (C=O) groups is 1. The van der Waals surface area contributed by atoms with Crippen LogP contribution in [0.3, 0.4) is 0 Å². The van der Waals surface area contributed by atoms with Crippen molar-refractivity contribution in [1.29, 1.82) is 0 Å². The quantitative estimate of drug-likeness (QED) is 0.478. The fourth-order valence-electron chi connectivity index (χ4n) is 2.80. The van der Waals surface area contributed by atoms with Crippen molar-refractivity contribution in [3.63, 3.8) is 0 Å². The average Bonchev–Trinajstić information content (AvgIpc) is 2.76. The SMILES string of the molecule is COc1ccc(C#CC#C[C@@H](OC(=O)[C@@](OC)(c2ccccc2)C(F)(F)F)C(C)C)cc1. The zero-order valence-electron chi connectivity index (χ0n) is 18.1. The van der Waals surface area contributed by atoms with E-state index in [1.807, 2.05) is 0 Å². The first-order chi connectivity index (χ1) is 15.2. The molecule has 0 fully saturated rings. The lowest BCUT2D eigenvalue weighted by Gasteiger charge is -2.33. The van der Waals surface area contributed by atoms with Gasteiger partial charge in [-0.05, 0) is 42.0 Å². The van der Waals surface area contributed by atoms with Crippen molar-refractivity contribution in [2.24, 2.45) is 5.92 Å². The maximum atomic E-state index is 14.0. The Morgan fingerprint density at radius 3 is 2.06 bits per heavy atom. The van der Waals surface area contributed by atoms with Crippen LogP contribution in [0, 0.1) is 29.6 Å². The van der Waals surface area contributed by atoms with Crippen molar-refractivity contribution in [3.05, 3.63) is 65.7 Å². The first kappa shape index (κ1) is 24.8. The minimum absolute atomic E-state index is 0.380. The molecule has 4 nitrogen and oxygen atoms in total. The van der Waals surface area contributed by atoms with Crippen LogP contribution in [-0.4, -0.2) is 32.5 Å². The van der Waals surface area contributed by atoms with E-state index >= 15 is 0 Å². The van der Waals surface area contributed by atoms with Crippen molar-refractivity contribution >= 4 is 5.97 Å². The van der Waals surface area contributed by atoms with Gasteiger partial charge in [0.1, 0.15) is 5.75 Å². The molecule has 0 N–H and O–H groups in total. The van der Waals surface area contributed by atoms with E-state index in [-0.39, 0.29) is 11.5 Å². The van der Waals surface area contributed by atoms with Crippen molar-refractivity contribution in [2.45, 2.75) is 31.7 Å². The van der Waals surface area contributed by atoms with Crippen molar-refractivity contribution in [2.75, 3.05) is 14.2 Å². The summed E-state index contributed by atoms with van der Waals surface area (Å²) in [5, 5.41) is 0. The van der Waals surface area contributed by atoms with Crippen LogP contribution in [0.5, 0.6) is 5.75 Å². The molecule has 0 aromatic heterocycles. The second kappa shape index (κ2) is 10.7. The van der Waals surface area contributed by atoms with Gasteiger partial charge in [-0.25, -0.2) is 4.79 Å². The third kappa shape index (κ3) is 5.63. The van der Waals surface area contributed by atoms with Gasteiger partial charge in [0.2, 0.25) is 0 Å². The maximum absolute atomic E-state index is 14.0. The van der Waals surface area contributed by atoms with Gasteiger partial charge in [0.25, 0.3) is 5.60 Å². The molecule has 168 valence electrons. The standard InChI is InChI=1S/C25H23F3O4/c1-18(2)22(13-9-8-10-19-14-16-21(30-3)17-15-19)32-23(29)24(31-4,25(26,27)28)20-11-6-5-7-12-20/h5-7,11-12,14-18,22H,1-4H3/t22-,24+/m1/s1. The van der Waals surface area contributed by atoms with Gasteiger partial charge in [-0.3, -0.25) is 0 Å². The Hall–Kier alpha value is -3.42. The molecule has 0 unspecified atom stereocenters. The highest BCUT2D eigenvalue weighted by Gasteiger charge is 2.64. The van der Waals surface area contributed by atoms with Gasteiger partial charge in [-0.1, -0.05) is 50.1 Å². The van der Waals surface area contributed by atoms with Crippen LogP contribution in [0.25, 0.3) is 0 Å². The zero-order chi connectivity index (χ0) is 23.8. The Kier molecular flexibility index (Phi) is 8.34. The predicted octanol–water partition coefficient (Wildman–Crippen LogP) is 4.72. The van der Waals surface area contributed by atoms with Gasteiger partial charge >= 0.3 is 12.1 Å². The molecule has 0 amide bonds. The molecule has 0 aliphatic carbocycles. The molecule has 0 saturated carbocycles. The van der Waals surface area contributed by atoms with Gasteiger partial charge in [-0.2, -0.15) is 13.2 Å². The second-order valence-corrected chi connectivity index (χ2v) is 7.07. The van der Waals surface area contributed by atoms with Crippen LogP contribution in [0.4, 0.5) is 13.2 Å². The van der Waals surface area contributed by atoms with E-state index in [1.165, 1.54) is 18.2 Å². The third-order valence-corrected chi connectivity index (χ3v) is 4.59. The fraction of sp³-hybridized carbons (Fsp3) is 0.320. The summed E-state index contributed by atoms with van der Waals surface area (Å²) < 4.78 is 57.1. The summed E-state index contributed by atoms with van der Waals surface area (Å²) in [6, 6.07) is 13.6. The summed E-state index contributed by atoms with van der Waals surface area (Å²) in [5.41, 5.74) is -2.97. The monoisotopic (exact) mass is 444 g/mol. The molecule has 0 heterocycles. The molecule has 0 bridgehead atoms. The molecule has 2 aromatic rings. The molecule has 0 aliphatic heterocycles. The summed E-state index contributed by atoms with van der Waals surface area (Å²) in [5.74, 6) is 9.32. The Labute approximate surface area is 185 Å². The average molecular weight is 444 g/mol. The number of methoxy groups -OCH3 is 2. The van der Waals surface area contributed by atoms with Crippen LogP contribution in [0.15, 0.2) is 54.6 Å². The highest BCUT2D eigenvalue weighted by molar-refractivity contribution is 5.83. The van der Waals surface area contributed by atoms with Gasteiger partial charge in [-0.15, -0.1) is 0 Å². The summed E-state index contributed by atoms with van der Waals surface area (Å²) in [6.07, 6.45) is -6.17. The number of alkyl halides is 3. The van der Waals surface area contributed by atoms with E-state index in [1.54, 1.807) is 45.2 Å². The Balaban J connectivity index is 2.29. The van der Waals surface area contributed by atoms with Crippen molar-refractivity contribution < 1.29 is 32.2 Å². The predicted molar refractivity (Wildman–Crippen MR) is 114 cm³/mol. The topological polar surface area (TPSA) is 44.8 Å². The van der Waals surface area contributed by atoms with E-state index in [0.29, 0.717) is 11.3 Å². The minimum Gasteiger partial charge on any atom is -0.497 e. The Morgan fingerprint density at radius 1 is 0.938 bits per heavy atom. The third-order valence-electron chi connectivity index (χ3n) is 4.59. The Bertz CT molecular complexity index is 1020. The number of rotatable bonds is 6. The molecule has 32 heavy (non-hydrogen) atoms. The van der Waals surface area contributed by atoms with Crippen LogP contribution in [0.1, 0.15) is 25.0 Å². The van der Waals surface area contributed by atoms with Crippen LogP contribution >= 0.6 is 0 Å². The number of hydrogen-bond acceptors (Lipinski definition) is 4. The summed E-state index contributed by atoms with van der Waals surface area (Å²) in [6.45, 7) is 3.35. The Morgan fingerprint density at radius 2 is 1.56 bits per heavy atom. The highest BCUT2D eigenvalue weighted by Crippen LogP contribution is 2.43. The zero-order valence-corrected chi connectivity index (χ0v) is 18.1. The lowest BCUT2D eigenvalue weighted by molar-refractivity contribution is -0.277. The molecular formula is C25H23F3O4. The molecular weight excluding hydrogens is 421 g/mol. The highest BCUT2D eigenvalue weighted by atomic mass is 19.4. The van der Waals surface area contributed by atoms with E-state index < -0.39 is 23.9 Å².